The Bertz CT molecular complexity index is 925. The zero-order valence-electron chi connectivity index (χ0n) is 13.6. The highest BCUT2D eigenvalue weighted by atomic mass is 16.5. The van der Waals surface area contributed by atoms with Crippen molar-refractivity contribution in [2.75, 3.05) is 12.8 Å². The lowest BCUT2D eigenvalue weighted by atomic mass is 9.97. The van der Waals surface area contributed by atoms with Gasteiger partial charge in [-0.15, -0.1) is 0 Å². The van der Waals surface area contributed by atoms with Gasteiger partial charge in [0, 0.05) is 16.7 Å². The zero-order valence-corrected chi connectivity index (χ0v) is 13.6. The van der Waals surface area contributed by atoms with Crippen molar-refractivity contribution < 1.29 is 4.74 Å². The van der Waals surface area contributed by atoms with Crippen molar-refractivity contribution in [1.82, 2.24) is 4.98 Å². The largest absolute Gasteiger partial charge is 0.496 e. The quantitative estimate of drug-likeness (QED) is 0.786. The molecule has 3 rings (SSSR count). The van der Waals surface area contributed by atoms with Crippen molar-refractivity contribution in [3.8, 4) is 34.2 Å². The molecular formula is C20H17N3O. The monoisotopic (exact) mass is 315 g/mol. The standard InChI is InChI=1S/C20H17N3O/c1-13-7-9-14(10-8-13)18-11-16(17(12-21)20(22)23-18)15-5-3-4-6-19(15)24-2/h3-11H,1-2H3,(H2,22,23). The van der Waals surface area contributed by atoms with Crippen LogP contribution in [0.4, 0.5) is 5.82 Å². The number of methoxy groups -OCH3 is 1. The van der Waals surface area contributed by atoms with Gasteiger partial charge < -0.3 is 10.5 Å². The fourth-order valence-corrected chi connectivity index (χ4v) is 2.63. The minimum Gasteiger partial charge on any atom is -0.496 e. The molecule has 2 aromatic carbocycles. The van der Waals surface area contributed by atoms with Crippen molar-refractivity contribution in [2.24, 2.45) is 0 Å². The van der Waals surface area contributed by atoms with E-state index in [4.69, 9.17) is 10.5 Å². The third-order valence-corrected chi connectivity index (χ3v) is 3.90. The minimum atomic E-state index is 0.219. The van der Waals surface area contributed by atoms with Crippen LogP contribution in [0.25, 0.3) is 22.4 Å². The summed E-state index contributed by atoms with van der Waals surface area (Å²) in [6.07, 6.45) is 0. The molecule has 0 spiro atoms. The van der Waals surface area contributed by atoms with E-state index in [0.717, 1.165) is 22.4 Å². The number of nitrogens with two attached hydrogens (primary N) is 1. The summed E-state index contributed by atoms with van der Waals surface area (Å²) in [7, 11) is 1.61. The average Bonchev–Trinajstić information content (AvgIpc) is 2.61. The fourth-order valence-electron chi connectivity index (χ4n) is 2.63. The molecule has 2 N–H and O–H groups in total. The van der Waals surface area contributed by atoms with E-state index < -0.39 is 0 Å². The highest BCUT2D eigenvalue weighted by Gasteiger charge is 2.16. The van der Waals surface area contributed by atoms with Gasteiger partial charge in [-0.1, -0.05) is 48.0 Å². The molecule has 0 amide bonds. The van der Waals surface area contributed by atoms with Crippen molar-refractivity contribution in [1.29, 1.82) is 5.26 Å². The second-order valence-electron chi connectivity index (χ2n) is 5.49. The first-order chi connectivity index (χ1) is 11.6. The summed E-state index contributed by atoms with van der Waals surface area (Å²) >= 11 is 0. The van der Waals surface area contributed by atoms with Crippen LogP contribution in [0.5, 0.6) is 5.75 Å². The molecule has 0 saturated carbocycles. The third-order valence-electron chi connectivity index (χ3n) is 3.90. The van der Waals surface area contributed by atoms with E-state index in [1.807, 2.05) is 61.5 Å². The summed E-state index contributed by atoms with van der Waals surface area (Å²) in [4.78, 5) is 4.40. The Morgan fingerprint density at radius 2 is 1.75 bits per heavy atom. The van der Waals surface area contributed by atoms with Crippen LogP contribution >= 0.6 is 0 Å². The van der Waals surface area contributed by atoms with E-state index in [-0.39, 0.29) is 5.82 Å². The molecule has 0 radical (unpaired) electrons. The topological polar surface area (TPSA) is 71.9 Å². The molecule has 118 valence electrons. The summed E-state index contributed by atoms with van der Waals surface area (Å²) in [6, 6.07) is 19.6. The van der Waals surface area contributed by atoms with Gasteiger partial charge in [-0.05, 0) is 19.1 Å². The normalized spacial score (nSPS) is 10.2. The Hall–Kier alpha value is -3.32. The number of nitrogens with zero attached hydrogens (tertiary/aromatic N) is 2. The maximum Gasteiger partial charge on any atom is 0.142 e. The van der Waals surface area contributed by atoms with Crippen LogP contribution in [-0.4, -0.2) is 12.1 Å². The Labute approximate surface area is 141 Å². The second kappa shape index (κ2) is 6.43. The lowest BCUT2D eigenvalue weighted by Gasteiger charge is -2.13. The Morgan fingerprint density at radius 1 is 1.04 bits per heavy atom. The van der Waals surface area contributed by atoms with Crippen LogP contribution in [-0.2, 0) is 0 Å². The average molecular weight is 315 g/mol. The number of anilines is 1. The number of hydrogen-bond donors (Lipinski definition) is 1. The Morgan fingerprint density at radius 3 is 2.42 bits per heavy atom. The van der Waals surface area contributed by atoms with Crippen LogP contribution < -0.4 is 10.5 Å². The van der Waals surface area contributed by atoms with E-state index in [9.17, 15) is 5.26 Å². The lowest BCUT2D eigenvalue weighted by molar-refractivity contribution is 0.416. The smallest absolute Gasteiger partial charge is 0.142 e. The Kier molecular flexibility index (Phi) is 4.17. The first-order valence-corrected chi connectivity index (χ1v) is 7.55. The number of aromatic nitrogens is 1. The van der Waals surface area contributed by atoms with E-state index >= 15 is 0 Å². The number of hydrogen-bond acceptors (Lipinski definition) is 4. The highest BCUT2D eigenvalue weighted by molar-refractivity contribution is 5.83. The number of pyridine rings is 1. The summed E-state index contributed by atoms with van der Waals surface area (Å²) in [5.74, 6) is 0.908. The van der Waals surface area contributed by atoms with Crippen LogP contribution in [0, 0.1) is 18.3 Å². The van der Waals surface area contributed by atoms with E-state index in [0.29, 0.717) is 11.3 Å². The van der Waals surface area contributed by atoms with Gasteiger partial charge in [0.25, 0.3) is 0 Å². The number of ether oxygens (including phenoxy) is 1. The van der Waals surface area contributed by atoms with Crippen molar-refractivity contribution in [3.63, 3.8) is 0 Å². The van der Waals surface area contributed by atoms with Gasteiger partial charge in [0.05, 0.1) is 12.8 Å². The van der Waals surface area contributed by atoms with Crippen LogP contribution in [0.3, 0.4) is 0 Å². The summed E-state index contributed by atoms with van der Waals surface area (Å²) in [5.41, 5.74) is 10.8. The number of aryl methyl sites for hydroxylation is 1. The second-order valence-corrected chi connectivity index (χ2v) is 5.49. The molecule has 4 heteroatoms. The molecule has 4 nitrogen and oxygen atoms in total. The molecular weight excluding hydrogens is 298 g/mol. The van der Waals surface area contributed by atoms with Gasteiger partial charge in [0.1, 0.15) is 23.2 Å². The van der Waals surface area contributed by atoms with E-state index in [1.54, 1.807) is 7.11 Å². The predicted molar refractivity (Wildman–Crippen MR) is 95.5 cm³/mol. The van der Waals surface area contributed by atoms with Crippen LogP contribution in [0.2, 0.25) is 0 Å². The minimum absolute atomic E-state index is 0.219. The van der Waals surface area contributed by atoms with Crippen molar-refractivity contribution in [2.45, 2.75) is 6.92 Å². The molecule has 0 fully saturated rings. The summed E-state index contributed by atoms with van der Waals surface area (Å²) in [5, 5.41) is 9.51. The summed E-state index contributed by atoms with van der Waals surface area (Å²) < 4.78 is 5.43. The fraction of sp³-hybridized carbons (Fsp3) is 0.100. The molecule has 0 atom stereocenters. The number of rotatable bonds is 3. The van der Waals surface area contributed by atoms with Gasteiger partial charge in [-0.2, -0.15) is 5.26 Å². The zero-order chi connectivity index (χ0) is 17.1. The molecule has 0 bridgehead atoms. The van der Waals surface area contributed by atoms with E-state index in [2.05, 4.69) is 11.1 Å². The lowest BCUT2D eigenvalue weighted by Crippen LogP contribution is -2.00. The number of nitrogen functional groups attached to an aromatic ring is 1. The molecule has 0 aliphatic heterocycles. The van der Waals surface area contributed by atoms with Crippen molar-refractivity contribution >= 4 is 5.82 Å². The predicted octanol–water partition coefficient (Wildman–Crippen LogP) is 4.19. The molecule has 1 aromatic heterocycles. The van der Waals surface area contributed by atoms with Crippen LogP contribution in [0.1, 0.15) is 11.1 Å². The van der Waals surface area contributed by atoms with Crippen molar-refractivity contribution in [3.05, 3.63) is 65.7 Å². The first kappa shape index (κ1) is 15.6. The van der Waals surface area contributed by atoms with Crippen LogP contribution in [0.15, 0.2) is 54.6 Å². The SMILES string of the molecule is COc1ccccc1-c1cc(-c2ccc(C)cc2)nc(N)c1C#N. The molecule has 0 aliphatic rings. The van der Waals surface area contributed by atoms with E-state index in [1.165, 1.54) is 5.56 Å². The third kappa shape index (κ3) is 2.80. The van der Waals surface area contributed by atoms with Gasteiger partial charge in [-0.25, -0.2) is 4.98 Å². The van der Waals surface area contributed by atoms with Gasteiger partial charge in [0.15, 0.2) is 0 Å². The van der Waals surface area contributed by atoms with Gasteiger partial charge in [0.2, 0.25) is 0 Å². The number of benzene rings is 2. The molecule has 0 unspecified atom stereocenters. The van der Waals surface area contributed by atoms with Gasteiger partial charge >= 0.3 is 0 Å². The summed E-state index contributed by atoms with van der Waals surface area (Å²) in [6.45, 7) is 2.03. The van der Waals surface area contributed by atoms with Gasteiger partial charge in [-0.3, -0.25) is 0 Å². The first-order valence-electron chi connectivity index (χ1n) is 7.55. The molecule has 24 heavy (non-hydrogen) atoms. The molecule has 1 heterocycles. The number of para-hydroxylation sites is 1. The Balaban J connectivity index is 2.25. The maximum absolute atomic E-state index is 9.51. The molecule has 3 aromatic rings. The molecule has 0 aliphatic carbocycles. The maximum atomic E-state index is 9.51. The highest BCUT2D eigenvalue weighted by Crippen LogP contribution is 2.36. The number of nitriles is 1. The molecule has 0 saturated heterocycles.